The van der Waals surface area contributed by atoms with Crippen LogP contribution in [-0.2, 0) is 12.8 Å². The van der Waals surface area contributed by atoms with Crippen molar-refractivity contribution in [2.45, 2.75) is 63.1 Å². The first-order valence-corrected chi connectivity index (χ1v) is 10.0. The maximum atomic E-state index is 9.96. The first-order chi connectivity index (χ1) is 13.6. The van der Waals surface area contributed by atoms with Crippen molar-refractivity contribution in [2.75, 3.05) is 10.6 Å². The molecule has 0 bridgehead atoms. The first kappa shape index (κ1) is 18.7. The second-order valence-electron chi connectivity index (χ2n) is 7.87. The van der Waals surface area contributed by atoms with Crippen molar-refractivity contribution in [3.63, 3.8) is 0 Å². The highest BCUT2D eigenvalue weighted by Gasteiger charge is 2.23. The number of aliphatic hydroxyl groups is 1. The standard InChI is InChI=1S/C21H28N6O/c1-13(22)19-12-24-21(27-20(19)25-16-3-2-4-18(28)10-16)26-17-6-5-15-11-23-8-7-14(15)9-17/h7-8,11-12,16-18,28H,1-6,9-10,22H2,(H2,24,25,26,27)/t16-,17-,18+/m1/s1. The van der Waals surface area contributed by atoms with Crippen molar-refractivity contribution in [3.05, 3.63) is 47.9 Å². The quantitative estimate of drug-likeness (QED) is 0.631. The van der Waals surface area contributed by atoms with E-state index in [0.29, 0.717) is 23.0 Å². The molecule has 3 atom stereocenters. The third-order valence-corrected chi connectivity index (χ3v) is 5.69. The Labute approximate surface area is 165 Å². The number of aromatic nitrogens is 3. The molecular weight excluding hydrogens is 352 g/mol. The van der Waals surface area contributed by atoms with Crippen molar-refractivity contribution in [1.82, 2.24) is 15.0 Å². The SMILES string of the molecule is C=C(N)c1cnc(N[C@@H]2CCc3cnccc3C2)nc1N[C@@H]1CCC[C@H](O)C1. The second-order valence-corrected chi connectivity index (χ2v) is 7.87. The normalized spacial score (nSPS) is 24.2. The fraction of sp³-hybridized carbons (Fsp3) is 0.476. The average Bonchev–Trinajstić information content (AvgIpc) is 2.68. The molecule has 5 N–H and O–H groups in total. The highest BCUT2D eigenvalue weighted by Crippen LogP contribution is 2.26. The molecule has 0 amide bonds. The number of aliphatic hydroxyl groups excluding tert-OH is 1. The fourth-order valence-corrected chi connectivity index (χ4v) is 4.17. The number of aryl methyl sites for hydroxylation is 1. The number of nitrogens with two attached hydrogens (primary N) is 1. The van der Waals surface area contributed by atoms with Gasteiger partial charge in [0, 0.05) is 36.4 Å². The van der Waals surface area contributed by atoms with Gasteiger partial charge in [-0.05, 0) is 62.1 Å². The van der Waals surface area contributed by atoms with Gasteiger partial charge in [-0.1, -0.05) is 6.58 Å². The molecule has 0 aliphatic heterocycles. The molecule has 2 aliphatic carbocycles. The lowest BCUT2D eigenvalue weighted by Crippen LogP contribution is -2.31. The second kappa shape index (κ2) is 8.14. The molecule has 0 aromatic carbocycles. The predicted molar refractivity (Wildman–Crippen MR) is 111 cm³/mol. The van der Waals surface area contributed by atoms with Gasteiger partial charge in [0.05, 0.1) is 11.7 Å². The van der Waals surface area contributed by atoms with E-state index in [1.807, 2.05) is 12.4 Å². The van der Waals surface area contributed by atoms with Crippen molar-refractivity contribution < 1.29 is 5.11 Å². The summed E-state index contributed by atoms with van der Waals surface area (Å²) in [6, 6.07) is 2.55. The zero-order chi connectivity index (χ0) is 19.5. The number of rotatable bonds is 5. The summed E-state index contributed by atoms with van der Waals surface area (Å²) in [6.45, 7) is 3.85. The Kier molecular flexibility index (Phi) is 5.43. The van der Waals surface area contributed by atoms with Crippen LogP contribution in [0, 0.1) is 0 Å². The van der Waals surface area contributed by atoms with E-state index in [1.54, 1.807) is 6.20 Å². The monoisotopic (exact) mass is 380 g/mol. The van der Waals surface area contributed by atoms with Crippen LogP contribution in [0.15, 0.2) is 31.2 Å². The predicted octanol–water partition coefficient (Wildman–Crippen LogP) is 2.49. The Morgan fingerprint density at radius 1 is 1.14 bits per heavy atom. The number of nitrogens with zero attached hydrogens (tertiary/aromatic N) is 3. The Morgan fingerprint density at radius 2 is 2.04 bits per heavy atom. The average molecular weight is 380 g/mol. The van der Waals surface area contributed by atoms with Crippen LogP contribution >= 0.6 is 0 Å². The molecule has 0 radical (unpaired) electrons. The lowest BCUT2D eigenvalue weighted by molar-refractivity contribution is 0.124. The van der Waals surface area contributed by atoms with Crippen LogP contribution < -0.4 is 16.4 Å². The third kappa shape index (κ3) is 4.25. The Bertz CT molecular complexity index is 855. The van der Waals surface area contributed by atoms with Gasteiger partial charge < -0.3 is 21.5 Å². The molecule has 1 fully saturated rings. The molecule has 0 unspecified atom stereocenters. The van der Waals surface area contributed by atoms with Crippen LogP contribution in [0.3, 0.4) is 0 Å². The molecule has 4 rings (SSSR count). The van der Waals surface area contributed by atoms with Gasteiger partial charge in [0.25, 0.3) is 0 Å². The lowest BCUT2D eigenvalue weighted by atomic mass is 9.90. The van der Waals surface area contributed by atoms with Crippen LogP contribution in [0.25, 0.3) is 5.70 Å². The van der Waals surface area contributed by atoms with E-state index in [1.165, 1.54) is 11.1 Å². The van der Waals surface area contributed by atoms with Crippen molar-refractivity contribution >= 4 is 17.5 Å². The summed E-state index contributed by atoms with van der Waals surface area (Å²) in [4.78, 5) is 13.4. The van der Waals surface area contributed by atoms with E-state index in [0.717, 1.165) is 44.9 Å². The summed E-state index contributed by atoms with van der Waals surface area (Å²) in [5.74, 6) is 1.27. The van der Waals surface area contributed by atoms with E-state index in [-0.39, 0.29) is 18.2 Å². The molecule has 0 spiro atoms. The number of anilines is 2. The van der Waals surface area contributed by atoms with E-state index in [4.69, 9.17) is 10.7 Å². The van der Waals surface area contributed by atoms with Gasteiger partial charge >= 0.3 is 0 Å². The maximum Gasteiger partial charge on any atom is 0.224 e. The van der Waals surface area contributed by atoms with E-state index >= 15 is 0 Å². The van der Waals surface area contributed by atoms with E-state index in [2.05, 4.69) is 33.2 Å². The summed E-state index contributed by atoms with van der Waals surface area (Å²) in [7, 11) is 0. The molecule has 0 saturated heterocycles. The maximum absolute atomic E-state index is 9.96. The molecule has 2 aliphatic rings. The minimum Gasteiger partial charge on any atom is -0.399 e. The number of fused-ring (bicyclic) bond motifs is 1. The molecule has 2 aromatic heterocycles. The Hall–Kier alpha value is -2.67. The van der Waals surface area contributed by atoms with Crippen LogP contribution in [-0.4, -0.2) is 38.2 Å². The van der Waals surface area contributed by atoms with Crippen LogP contribution in [0.2, 0.25) is 0 Å². The summed E-state index contributed by atoms with van der Waals surface area (Å²) < 4.78 is 0. The number of hydrogen-bond acceptors (Lipinski definition) is 7. The number of hydrogen-bond donors (Lipinski definition) is 4. The molecule has 148 valence electrons. The first-order valence-electron chi connectivity index (χ1n) is 10.0. The zero-order valence-electron chi connectivity index (χ0n) is 16.1. The third-order valence-electron chi connectivity index (χ3n) is 5.69. The number of pyridine rings is 1. The molecule has 7 nitrogen and oxygen atoms in total. The van der Waals surface area contributed by atoms with Crippen molar-refractivity contribution in [1.29, 1.82) is 0 Å². The molecule has 28 heavy (non-hydrogen) atoms. The topological polar surface area (TPSA) is 109 Å². The van der Waals surface area contributed by atoms with Crippen LogP contribution in [0.5, 0.6) is 0 Å². The van der Waals surface area contributed by atoms with Gasteiger partial charge in [0.1, 0.15) is 5.82 Å². The summed E-state index contributed by atoms with van der Waals surface area (Å²) in [5.41, 5.74) is 9.75. The van der Waals surface area contributed by atoms with Crippen molar-refractivity contribution in [2.24, 2.45) is 5.73 Å². The van der Waals surface area contributed by atoms with Crippen LogP contribution in [0.4, 0.5) is 11.8 Å². The molecule has 1 saturated carbocycles. The van der Waals surface area contributed by atoms with Gasteiger partial charge in [0.15, 0.2) is 0 Å². The van der Waals surface area contributed by atoms with Gasteiger partial charge in [-0.25, -0.2) is 4.98 Å². The molecule has 2 aromatic rings. The van der Waals surface area contributed by atoms with Gasteiger partial charge in [-0.15, -0.1) is 0 Å². The van der Waals surface area contributed by atoms with E-state index in [9.17, 15) is 5.11 Å². The largest absolute Gasteiger partial charge is 0.399 e. The van der Waals surface area contributed by atoms with Gasteiger partial charge in [-0.3, -0.25) is 4.98 Å². The van der Waals surface area contributed by atoms with Crippen LogP contribution in [0.1, 0.15) is 48.8 Å². The summed E-state index contributed by atoms with van der Waals surface area (Å²) in [5, 5.41) is 16.9. The molecule has 2 heterocycles. The van der Waals surface area contributed by atoms with E-state index < -0.39 is 0 Å². The van der Waals surface area contributed by atoms with Gasteiger partial charge in [-0.2, -0.15) is 4.98 Å². The smallest absolute Gasteiger partial charge is 0.224 e. The summed E-state index contributed by atoms with van der Waals surface area (Å²) in [6.07, 6.45) is 11.8. The number of nitrogens with one attached hydrogen (secondary N) is 2. The zero-order valence-corrected chi connectivity index (χ0v) is 16.1. The Balaban J connectivity index is 1.49. The molecular formula is C21H28N6O. The minimum atomic E-state index is -0.257. The molecule has 7 heteroatoms. The fourth-order valence-electron chi connectivity index (χ4n) is 4.17. The summed E-state index contributed by atoms with van der Waals surface area (Å²) >= 11 is 0. The van der Waals surface area contributed by atoms with Gasteiger partial charge in [0.2, 0.25) is 5.95 Å². The van der Waals surface area contributed by atoms with Crippen molar-refractivity contribution in [3.8, 4) is 0 Å². The minimum absolute atomic E-state index is 0.179. The lowest BCUT2D eigenvalue weighted by Gasteiger charge is -2.28. The Morgan fingerprint density at radius 3 is 2.86 bits per heavy atom. The highest BCUT2D eigenvalue weighted by molar-refractivity contribution is 5.71. The highest BCUT2D eigenvalue weighted by atomic mass is 16.3.